The van der Waals surface area contributed by atoms with E-state index in [-0.39, 0.29) is 0 Å². The maximum atomic E-state index is 2.51. The highest BCUT2D eigenvalue weighted by Gasteiger charge is 2.08. The topological polar surface area (TPSA) is 8.17 Å². The van der Waals surface area contributed by atoms with Crippen molar-refractivity contribution in [2.24, 2.45) is 0 Å². The molecular formula is C25H42N2. The SMILES string of the molecule is CCCCCCCCCCCCn1cc(CCCN(C)C)c2ccccc21. The van der Waals surface area contributed by atoms with Crippen LogP contribution in [0, 0.1) is 0 Å². The third-order valence-corrected chi connectivity index (χ3v) is 5.68. The second-order valence-electron chi connectivity index (χ2n) is 8.45. The van der Waals surface area contributed by atoms with Gasteiger partial charge in [0.05, 0.1) is 0 Å². The molecule has 27 heavy (non-hydrogen) atoms. The van der Waals surface area contributed by atoms with Crippen molar-refractivity contribution >= 4 is 10.9 Å². The third-order valence-electron chi connectivity index (χ3n) is 5.68. The van der Waals surface area contributed by atoms with Crippen molar-refractivity contribution in [2.45, 2.75) is 90.5 Å². The van der Waals surface area contributed by atoms with Crippen molar-refractivity contribution in [1.82, 2.24) is 9.47 Å². The first kappa shape index (κ1) is 22.0. The summed E-state index contributed by atoms with van der Waals surface area (Å²) in [5, 5.41) is 1.46. The van der Waals surface area contributed by atoms with Crippen LogP contribution in [0.25, 0.3) is 10.9 Å². The highest BCUT2D eigenvalue weighted by molar-refractivity contribution is 5.83. The lowest BCUT2D eigenvalue weighted by molar-refractivity contribution is 0.400. The predicted octanol–water partition coefficient (Wildman–Crippen LogP) is 7.06. The number of para-hydroxylation sites is 1. The number of aromatic nitrogens is 1. The zero-order valence-corrected chi connectivity index (χ0v) is 18.2. The summed E-state index contributed by atoms with van der Waals surface area (Å²) in [6.07, 6.45) is 18.9. The molecule has 0 aliphatic carbocycles. The van der Waals surface area contributed by atoms with E-state index >= 15 is 0 Å². The van der Waals surface area contributed by atoms with E-state index in [0.717, 1.165) is 6.54 Å². The van der Waals surface area contributed by atoms with Gasteiger partial charge in [0.2, 0.25) is 0 Å². The quantitative estimate of drug-likeness (QED) is 0.305. The van der Waals surface area contributed by atoms with Crippen LogP contribution in [0.1, 0.15) is 83.1 Å². The molecule has 0 saturated heterocycles. The number of rotatable bonds is 15. The average Bonchev–Trinajstić information content (AvgIpc) is 3.01. The summed E-state index contributed by atoms with van der Waals surface area (Å²) in [6, 6.07) is 8.96. The van der Waals surface area contributed by atoms with Crippen LogP contribution >= 0.6 is 0 Å². The van der Waals surface area contributed by atoms with Crippen molar-refractivity contribution in [3.63, 3.8) is 0 Å². The van der Waals surface area contributed by atoms with E-state index in [2.05, 4.69) is 60.9 Å². The molecule has 1 heterocycles. The second-order valence-corrected chi connectivity index (χ2v) is 8.45. The van der Waals surface area contributed by atoms with Gasteiger partial charge in [0, 0.05) is 23.6 Å². The van der Waals surface area contributed by atoms with E-state index in [1.165, 1.54) is 100 Å². The Hall–Kier alpha value is -1.28. The van der Waals surface area contributed by atoms with Gasteiger partial charge in [-0.15, -0.1) is 0 Å². The molecule has 152 valence electrons. The lowest BCUT2D eigenvalue weighted by Gasteiger charge is -2.08. The third kappa shape index (κ3) is 8.09. The number of benzene rings is 1. The summed E-state index contributed by atoms with van der Waals surface area (Å²) in [4.78, 5) is 2.28. The molecule has 0 aliphatic heterocycles. The smallest absolute Gasteiger partial charge is 0.0483 e. The molecule has 0 amide bonds. The predicted molar refractivity (Wildman–Crippen MR) is 121 cm³/mol. The Morgan fingerprint density at radius 2 is 1.41 bits per heavy atom. The van der Waals surface area contributed by atoms with Gasteiger partial charge in [0.1, 0.15) is 0 Å². The minimum absolute atomic E-state index is 1.16. The van der Waals surface area contributed by atoms with Crippen molar-refractivity contribution in [3.8, 4) is 0 Å². The molecule has 0 radical (unpaired) electrons. The van der Waals surface area contributed by atoms with E-state index in [4.69, 9.17) is 0 Å². The molecule has 0 atom stereocenters. The molecule has 0 spiro atoms. The molecule has 0 unspecified atom stereocenters. The van der Waals surface area contributed by atoms with Crippen LogP contribution in [0.5, 0.6) is 0 Å². The number of hydrogen-bond acceptors (Lipinski definition) is 1. The van der Waals surface area contributed by atoms with E-state index in [0.29, 0.717) is 0 Å². The molecule has 0 aliphatic rings. The summed E-state index contributed by atoms with van der Waals surface area (Å²) in [6.45, 7) is 4.63. The fourth-order valence-corrected chi connectivity index (χ4v) is 4.06. The Bertz CT molecular complexity index is 626. The van der Waals surface area contributed by atoms with Crippen LogP contribution < -0.4 is 0 Å². The van der Waals surface area contributed by atoms with Crippen LogP contribution in [-0.4, -0.2) is 30.1 Å². The van der Waals surface area contributed by atoms with E-state index < -0.39 is 0 Å². The minimum Gasteiger partial charge on any atom is -0.347 e. The summed E-state index contributed by atoms with van der Waals surface area (Å²) in [7, 11) is 4.32. The van der Waals surface area contributed by atoms with Crippen LogP contribution in [0.3, 0.4) is 0 Å². The van der Waals surface area contributed by atoms with Gasteiger partial charge in [-0.1, -0.05) is 82.9 Å². The molecule has 0 fully saturated rings. The molecule has 0 N–H and O–H groups in total. The standard InChI is InChI=1S/C25H42N2/c1-4-5-6-7-8-9-10-11-12-15-21-27-22-23(17-16-20-26(2)3)24-18-13-14-19-25(24)27/h13-14,18-19,22H,4-12,15-17,20-21H2,1-3H3. The zero-order valence-electron chi connectivity index (χ0n) is 18.2. The molecule has 2 aromatic rings. The summed E-state index contributed by atoms with van der Waals surface area (Å²) in [5.74, 6) is 0. The Kier molecular flexibility index (Phi) is 10.6. The van der Waals surface area contributed by atoms with Gasteiger partial charge < -0.3 is 9.47 Å². The van der Waals surface area contributed by atoms with Crippen LogP contribution in [0.15, 0.2) is 30.5 Å². The summed E-state index contributed by atoms with van der Waals surface area (Å²) in [5.41, 5.74) is 2.95. The maximum absolute atomic E-state index is 2.51. The first-order chi connectivity index (χ1) is 13.2. The fourth-order valence-electron chi connectivity index (χ4n) is 4.06. The highest BCUT2D eigenvalue weighted by Crippen LogP contribution is 2.23. The molecule has 2 nitrogen and oxygen atoms in total. The monoisotopic (exact) mass is 370 g/mol. The van der Waals surface area contributed by atoms with Gasteiger partial charge in [0.15, 0.2) is 0 Å². The molecule has 1 aromatic heterocycles. The first-order valence-corrected chi connectivity index (χ1v) is 11.4. The number of nitrogens with zero attached hydrogens (tertiary/aromatic N) is 2. The Morgan fingerprint density at radius 3 is 2.07 bits per heavy atom. The van der Waals surface area contributed by atoms with Crippen LogP contribution in [-0.2, 0) is 13.0 Å². The van der Waals surface area contributed by atoms with Gasteiger partial charge in [-0.25, -0.2) is 0 Å². The average molecular weight is 371 g/mol. The normalized spacial score (nSPS) is 11.7. The Labute approximate surface area is 167 Å². The second kappa shape index (κ2) is 13.0. The zero-order chi connectivity index (χ0) is 19.3. The van der Waals surface area contributed by atoms with E-state index in [1.54, 1.807) is 0 Å². The number of unbranched alkanes of at least 4 members (excludes halogenated alkanes) is 9. The largest absolute Gasteiger partial charge is 0.347 e. The van der Waals surface area contributed by atoms with Crippen LogP contribution in [0.4, 0.5) is 0 Å². The highest BCUT2D eigenvalue weighted by atomic mass is 15.0. The van der Waals surface area contributed by atoms with Gasteiger partial charge in [-0.05, 0) is 51.5 Å². The van der Waals surface area contributed by atoms with E-state index in [9.17, 15) is 0 Å². The summed E-state index contributed by atoms with van der Waals surface area (Å²) < 4.78 is 2.51. The lowest BCUT2D eigenvalue weighted by Crippen LogP contribution is -2.13. The molecular weight excluding hydrogens is 328 g/mol. The Balaban J connectivity index is 1.71. The molecule has 2 heteroatoms. The van der Waals surface area contributed by atoms with Crippen molar-refractivity contribution in [2.75, 3.05) is 20.6 Å². The first-order valence-electron chi connectivity index (χ1n) is 11.4. The van der Waals surface area contributed by atoms with Gasteiger partial charge in [-0.3, -0.25) is 0 Å². The van der Waals surface area contributed by atoms with E-state index in [1.807, 2.05) is 0 Å². The molecule has 0 saturated carbocycles. The van der Waals surface area contributed by atoms with Crippen molar-refractivity contribution in [1.29, 1.82) is 0 Å². The maximum Gasteiger partial charge on any atom is 0.0483 e. The van der Waals surface area contributed by atoms with Gasteiger partial charge >= 0.3 is 0 Å². The summed E-state index contributed by atoms with van der Waals surface area (Å²) >= 11 is 0. The molecule has 0 bridgehead atoms. The number of hydrogen-bond donors (Lipinski definition) is 0. The molecule has 2 rings (SSSR count). The van der Waals surface area contributed by atoms with Crippen molar-refractivity contribution < 1.29 is 0 Å². The number of fused-ring (bicyclic) bond motifs is 1. The lowest BCUT2D eigenvalue weighted by atomic mass is 10.1. The van der Waals surface area contributed by atoms with Crippen LogP contribution in [0.2, 0.25) is 0 Å². The Morgan fingerprint density at radius 1 is 0.778 bits per heavy atom. The van der Waals surface area contributed by atoms with Gasteiger partial charge in [-0.2, -0.15) is 0 Å². The number of aryl methyl sites for hydroxylation is 2. The minimum atomic E-state index is 1.16. The molecule has 1 aromatic carbocycles. The van der Waals surface area contributed by atoms with Gasteiger partial charge in [0.25, 0.3) is 0 Å². The van der Waals surface area contributed by atoms with Crippen molar-refractivity contribution in [3.05, 3.63) is 36.0 Å². The fraction of sp³-hybridized carbons (Fsp3) is 0.680.